The normalized spacial score (nSPS) is 27.1. The van der Waals surface area contributed by atoms with Gasteiger partial charge in [-0.3, -0.25) is 14.5 Å². The fourth-order valence-corrected chi connectivity index (χ4v) is 5.24. The topological polar surface area (TPSA) is 49.9 Å². The number of hydrogen-bond donors (Lipinski definition) is 0. The second kappa shape index (κ2) is 8.10. The fourth-order valence-electron chi connectivity index (χ4n) is 5.24. The zero-order valence-corrected chi connectivity index (χ0v) is 17.3. The van der Waals surface area contributed by atoms with Crippen molar-refractivity contribution in [3.63, 3.8) is 0 Å². The molecule has 5 rings (SSSR count). The van der Waals surface area contributed by atoms with Gasteiger partial charge in [0, 0.05) is 38.6 Å². The number of likely N-dealkylation sites (tertiary alicyclic amines) is 2. The minimum atomic E-state index is -0.141. The number of carbonyl (C=O) groups is 2. The third-order valence-corrected chi connectivity index (χ3v) is 7.07. The van der Waals surface area contributed by atoms with E-state index < -0.39 is 0 Å². The number of benzene rings is 1. The Bertz CT molecular complexity index is 788. The Labute approximate surface area is 173 Å². The maximum absolute atomic E-state index is 12.7. The zero-order valence-electron chi connectivity index (χ0n) is 17.3. The Morgan fingerprint density at radius 3 is 2.66 bits per heavy atom. The molecule has 5 nitrogen and oxygen atoms in total. The van der Waals surface area contributed by atoms with Gasteiger partial charge >= 0.3 is 5.97 Å². The molecule has 0 aromatic heterocycles. The molecule has 3 fully saturated rings. The van der Waals surface area contributed by atoms with E-state index in [4.69, 9.17) is 4.74 Å². The van der Waals surface area contributed by atoms with E-state index in [2.05, 4.69) is 23.1 Å². The summed E-state index contributed by atoms with van der Waals surface area (Å²) in [5.41, 5.74) is 4.41. The summed E-state index contributed by atoms with van der Waals surface area (Å²) in [6.07, 6.45) is 8.42. The van der Waals surface area contributed by atoms with Crippen LogP contribution in [0.15, 0.2) is 18.2 Å². The maximum atomic E-state index is 12.7. The second-order valence-electron chi connectivity index (χ2n) is 9.44. The average molecular weight is 397 g/mol. The number of rotatable bonds is 5. The van der Waals surface area contributed by atoms with Gasteiger partial charge in [0.2, 0.25) is 5.91 Å². The molecule has 0 bridgehead atoms. The van der Waals surface area contributed by atoms with Crippen molar-refractivity contribution in [1.29, 1.82) is 0 Å². The van der Waals surface area contributed by atoms with Crippen LogP contribution in [0.5, 0.6) is 0 Å². The quantitative estimate of drug-likeness (QED) is 0.718. The van der Waals surface area contributed by atoms with Crippen LogP contribution in [0.4, 0.5) is 0 Å². The van der Waals surface area contributed by atoms with Crippen molar-refractivity contribution in [2.45, 2.75) is 64.0 Å². The predicted molar refractivity (Wildman–Crippen MR) is 110 cm³/mol. The van der Waals surface area contributed by atoms with Crippen LogP contribution in [0.3, 0.4) is 0 Å². The molecule has 5 heteroatoms. The van der Waals surface area contributed by atoms with Gasteiger partial charge in [-0.15, -0.1) is 0 Å². The van der Waals surface area contributed by atoms with Crippen LogP contribution < -0.4 is 0 Å². The van der Waals surface area contributed by atoms with Gasteiger partial charge < -0.3 is 9.64 Å². The first-order chi connectivity index (χ1) is 14.2. The molecule has 2 saturated heterocycles. The number of piperidine rings is 1. The number of aryl methyl sites for hydroxylation is 2. The molecular weight excluding hydrogens is 364 g/mol. The van der Waals surface area contributed by atoms with Crippen LogP contribution in [-0.2, 0) is 33.7 Å². The Balaban J connectivity index is 1.11. The summed E-state index contributed by atoms with van der Waals surface area (Å²) in [6, 6.07) is 6.93. The Hall–Kier alpha value is -1.88. The molecule has 4 aliphatic rings. The number of esters is 1. The molecule has 0 unspecified atom stereocenters. The average Bonchev–Trinajstić information content (AvgIpc) is 3.33. The van der Waals surface area contributed by atoms with Gasteiger partial charge in [-0.05, 0) is 68.1 Å². The number of hydrogen-bond acceptors (Lipinski definition) is 4. The monoisotopic (exact) mass is 396 g/mol. The molecule has 1 saturated carbocycles. The lowest BCUT2D eigenvalue weighted by atomic mass is 9.97. The standard InChI is InChI=1S/C24H32N2O3/c27-23(19-8-9-19)26-11-2-5-21(15-26)24(28)29-22-10-12-25(16-22)14-17-6-7-18-3-1-4-20(18)13-17/h6-7,13,19,21-22H,1-5,8-12,14-16H2/t21-,22-/m1/s1. The lowest BCUT2D eigenvalue weighted by molar-refractivity contribution is -0.156. The van der Waals surface area contributed by atoms with Crippen LogP contribution in [0.25, 0.3) is 0 Å². The van der Waals surface area contributed by atoms with Gasteiger partial charge in [0.05, 0.1) is 5.92 Å². The molecule has 0 spiro atoms. The Morgan fingerprint density at radius 1 is 0.931 bits per heavy atom. The van der Waals surface area contributed by atoms with Gasteiger partial charge in [-0.2, -0.15) is 0 Å². The highest BCUT2D eigenvalue weighted by Gasteiger charge is 2.38. The molecule has 2 atom stereocenters. The largest absolute Gasteiger partial charge is 0.461 e. The first-order valence-electron chi connectivity index (χ1n) is 11.5. The summed E-state index contributed by atoms with van der Waals surface area (Å²) in [5.74, 6) is 0.246. The highest BCUT2D eigenvalue weighted by atomic mass is 16.5. The van der Waals surface area contributed by atoms with E-state index in [9.17, 15) is 9.59 Å². The molecule has 0 N–H and O–H groups in total. The van der Waals surface area contributed by atoms with Gasteiger partial charge in [0.1, 0.15) is 6.10 Å². The molecule has 29 heavy (non-hydrogen) atoms. The SMILES string of the molecule is O=C(O[C@@H]1CCN(Cc2ccc3c(c2)CCC3)C1)[C@@H]1CCCN(C(=O)C2CC2)C1. The van der Waals surface area contributed by atoms with Crippen LogP contribution in [0.1, 0.15) is 55.2 Å². The van der Waals surface area contributed by atoms with Crippen molar-refractivity contribution in [3.8, 4) is 0 Å². The number of nitrogens with zero attached hydrogens (tertiary/aromatic N) is 2. The van der Waals surface area contributed by atoms with E-state index in [0.29, 0.717) is 6.54 Å². The molecule has 0 radical (unpaired) electrons. The van der Waals surface area contributed by atoms with E-state index in [-0.39, 0.29) is 29.8 Å². The lowest BCUT2D eigenvalue weighted by Crippen LogP contribution is -2.44. The molecule has 1 aromatic rings. The Morgan fingerprint density at radius 2 is 1.79 bits per heavy atom. The van der Waals surface area contributed by atoms with Crippen molar-refractivity contribution in [1.82, 2.24) is 9.80 Å². The van der Waals surface area contributed by atoms with Gasteiger partial charge in [-0.25, -0.2) is 0 Å². The molecule has 1 amide bonds. The highest BCUT2D eigenvalue weighted by Crippen LogP contribution is 2.33. The first kappa shape index (κ1) is 19.1. The second-order valence-corrected chi connectivity index (χ2v) is 9.44. The summed E-state index contributed by atoms with van der Waals surface area (Å²) in [6.45, 7) is 4.09. The van der Waals surface area contributed by atoms with E-state index in [1.165, 1.54) is 36.0 Å². The number of fused-ring (bicyclic) bond motifs is 1. The van der Waals surface area contributed by atoms with Crippen molar-refractivity contribution in [2.75, 3.05) is 26.2 Å². The molecule has 1 aromatic carbocycles. The Kier molecular flexibility index (Phi) is 5.33. The number of ether oxygens (including phenoxy) is 1. The number of amides is 1. The minimum Gasteiger partial charge on any atom is -0.461 e. The molecule has 2 heterocycles. The minimum absolute atomic E-state index is 0.00793. The molecule has 2 aliphatic heterocycles. The summed E-state index contributed by atoms with van der Waals surface area (Å²) >= 11 is 0. The molecule has 2 aliphatic carbocycles. The van der Waals surface area contributed by atoms with Crippen molar-refractivity contribution in [2.24, 2.45) is 11.8 Å². The third-order valence-electron chi connectivity index (χ3n) is 7.07. The summed E-state index contributed by atoms with van der Waals surface area (Å²) in [5, 5.41) is 0. The van der Waals surface area contributed by atoms with Gasteiger partial charge in [-0.1, -0.05) is 18.2 Å². The van der Waals surface area contributed by atoms with Crippen LogP contribution >= 0.6 is 0 Å². The highest BCUT2D eigenvalue weighted by molar-refractivity contribution is 5.82. The molecular formula is C24H32N2O3. The zero-order chi connectivity index (χ0) is 19.8. The van der Waals surface area contributed by atoms with Crippen molar-refractivity contribution < 1.29 is 14.3 Å². The van der Waals surface area contributed by atoms with Crippen LogP contribution in [0, 0.1) is 11.8 Å². The third kappa shape index (κ3) is 4.35. The predicted octanol–water partition coefficient (Wildman–Crippen LogP) is 2.94. The van der Waals surface area contributed by atoms with Crippen LogP contribution in [0.2, 0.25) is 0 Å². The molecule has 156 valence electrons. The summed E-state index contributed by atoms with van der Waals surface area (Å²) in [4.78, 5) is 29.4. The van der Waals surface area contributed by atoms with E-state index >= 15 is 0 Å². The fraction of sp³-hybridized carbons (Fsp3) is 0.667. The summed E-state index contributed by atoms with van der Waals surface area (Å²) in [7, 11) is 0. The van der Waals surface area contributed by atoms with Crippen LogP contribution in [-0.4, -0.2) is 54.0 Å². The van der Waals surface area contributed by atoms with Gasteiger partial charge in [0.15, 0.2) is 0 Å². The van der Waals surface area contributed by atoms with Crippen molar-refractivity contribution >= 4 is 11.9 Å². The maximum Gasteiger partial charge on any atom is 0.311 e. The lowest BCUT2D eigenvalue weighted by Gasteiger charge is -2.32. The van der Waals surface area contributed by atoms with E-state index in [0.717, 1.165) is 58.3 Å². The van der Waals surface area contributed by atoms with E-state index in [1.807, 2.05) is 4.90 Å². The summed E-state index contributed by atoms with van der Waals surface area (Å²) < 4.78 is 5.88. The van der Waals surface area contributed by atoms with Crippen molar-refractivity contribution in [3.05, 3.63) is 34.9 Å². The number of carbonyl (C=O) groups excluding carboxylic acids is 2. The smallest absolute Gasteiger partial charge is 0.311 e. The van der Waals surface area contributed by atoms with Gasteiger partial charge in [0.25, 0.3) is 0 Å². The first-order valence-corrected chi connectivity index (χ1v) is 11.5. The van der Waals surface area contributed by atoms with E-state index in [1.54, 1.807) is 0 Å².